The normalized spacial score (nSPS) is 17.5. The van der Waals surface area contributed by atoms with E-state index in [-0.39, 0.29) is 37.7 Å². The van der Waals surface area contributed by atoms with Crippen LogP contribution in [0.5, 0.6) is 23.0 Å². The zero-order valence-electron chi connectivity index (χ0n) is 31.2. The number of piperidine rings is 2. The van der Waals surface area contributed by atoms with E-state index >= 15 is 0 Å². The van der Waals surface area contributed by atoms with E-state index in [4.69, 9.17) is 18.9 Å². The Morgan fingerprint density at radius 3 is 0.855 bits per heavy atom. The number of Topliss-reactive ketones (excluding diaryl/α,β-unsaturated/α-hetero) is 2. The summed E-state index contributed by atoms with van der Waals surface area (Å²) in [6.07, 6.45) is 6.59. The van der Waals surface area contributed by atoms with Crippen molar-refractivity contribution in [3.05, 3.63) is 142 Å². The average Bonchev–Trinajstić information content (AvgIpc) is 3.21. The van der Waals surface area contributed by atoms with Crippen molar-refractivity contribution in [2.24, 2.45) is 0 Å². The molecule has 0 saturated carbocycles. The van der Waals surface area contributed by atoms with Gasteiger partial charge in [0.15, 0.2) is 11.6 Å². The first-order valence-corrected chi connectivity index (χ1v) is 17.7. The SMILES string of the molecule is COc1ccc(/C=C2\CN(C(=O)CC(=O)N3C/C(=C\c4ccc(OC)cc4)C(=O)/C(=C/c4ccc(OC)cc4)C3)C/C(=C\c3ccc(OC)cc3)C2=O)cc1. The molecular weight excluding hydrogens is 697 g/mol. The predicted octanol–water partition coefficient (Wildman–Crippen LogP) is 6.57. The summed E-state index contributed by atoms with van der Waals surface area (Å²) in [5, 5.41) is 0. The summed E-state index contributed by atoms with van der Waals surface area (Å²) in [6, 6.07) is 29.1. The van der Waals surface area contributed by atoms with Gasteiger partial charge >= 0.3 is 0 Å². The number of hydrogen-bond acceptors (Lipinski definition) is 8. The molecule has 2 aliphatic rings. The van der Waals surface area contributed by atoms with Crippen LogP contribution in [0.1, 0.15) is 28.7 Å². The fourth-order valence-electron chi connectivity index (χ4n) is 6.39. The van der Waals surface area contributed by atoms with Crippen LogP contribution in [-0.2, 0) is 19.2 Å². The summed E-state index contributed by atoms with van der Waals surface area (Å²) in [7, 11) is 6.32. The van der Waals surface area contributed by atoms with Crippen molar-refractivity contribution < 1.29 is 38.1 Å². The first kappa shape index (κ1) is 38.1. The number of hydrogen-bond donors (Lipinski definition) is 0. The second-order valence-corrected chi connectivity index (χ2v) is 13.1. The van der Waals surface area contributed by atoms with Crippen LogP contribution in [0.25, 0.3) is 24.3 Å². The standard InChI is InChI=1S/C45H42N2O8/c1-52-38-13-5-30(6-14-38)21-34-26-46(27-35(44(34)50)22-31-7-15-39(53-2)16-8-31)42(48)25-43(49)47-28-36(23-32-9-17-40(54-3)18-10-32)45(51)37(29-47)24-33-11-19-41(55-4)20-12-33/h5-24H,25-29H2,1-4H3/b34-21+,35-22+,36-23+,37-24+. The van der Waals surface area contributed by atoms with Crippen LogP contribution in [0.4, 0.5) is 0 Å². The van der Waals surface area contributed by atoms with Crippen molar-refractivity contribution in [2.75, 3.05) is 54.6 Å². The van der Waals surface area contributed by atoms with Crippen molar-refractivity contribution >= 4 is 47.7 Å². The van der Waals surface area contributed by atoms with Crippen LogP contribution >= 0.6 is 0 Å². The van der Waals surface area contributed by atoms with Gasteiger partial charge in [0.05, 0.1) is 28.4 Å². The number of ether oxygens (including phenoxy) is 4. The number of carbonyl (C=O) groups is 4. The quantitative estimate of drug-likeness (QED) is 0.133. The van der Waals surface area contributed by atoms with Gasteiger partial charge in [-0.1, -0.05) is 48.5 Å². The van der Waals surface area contributed by atoms with Gasteiger partial charge in [0.1, 0.15) is 29.4 Å². The molecule has 10 heteroatoms. The molecule has 4 aromatic carbocycles. The van der Waals surface area contributed by atoms with Gasteiger partial charge in [-0.3, -0.25) is 19.2 Å². The topological polar surface area (TPSA) is 112 Å². The van der Waals surface area contributed by atoms with Crippen molar-refractivity contribution in [3.8, 4) is 23.0 Å². The van der Waals surface area contributed by atoms with Gasteiger partial charge in [0, 0.05) is 48.5 Å². The van der Waals surface area contributed by atoms with E-state index in [1.807, 2.05) is 48.5 Å². The molecule has 2 heterocycles. The third-order valence-corrected chi connectivity index (χ3v) is 9.45. The van der Waals surface area contributed by atoms with Gasteiger partial charge in [0.25, 0.3) is 0 Å². The van der Waals surface area contributed by atoms with E-state index in [2.05, 4.69) is 0 Å². The van der Waals surface area contributed by atoms with Gasteiger partial charge in [-0.05, 0) is 95.1 Å². The Kier molecular flexibility index (Phi) is 12.1. The van der Waals surface area contributed by atoms with E-state index in [1.54, 1.807) is 101 Å². The van der Waals surface area contributed by atoms with E-state index in [9.17, 15) is 19.2 Å². The summed E-state index contributed by atoms with van der Waals surface area (Å²) >= 11 is 0. The van der Waals surface area contributed by atoms with Crippen LogP contribution in [0.15, 0.2) is 119 Å². The molecular formula is C45H42N2O8. The van der Waals surface area contributed by atoms with Gasteiger partial charge < -0.3 is 28.7 Å². The molecule has 0 aromatic heterocycles. The molecule has 0 aliphatic carbocycles. The summed E-state index contributed by atoms with van der Waals surface area (Å²) in [5.74, 6) is 1.48. The van der Waals surface area contributed by atoms with Crippen LogP contribution in [0.3, 0.4) is 0 Å². The van der Waals surface area contributed by atoms with E-state index in [0.29, 0.717) is 45.3 Å². The lowest BCUT2D eigenvalue weighted by atomic mass is 9.93. The highest BCUT2D eigenvalue weighted by molar-refractivity contribution is 6.17. The lowest BCUT2D eigenvalue weighted by Crippen LogP contribution is -2.46. The number of methoxy groups -OCH3 is 4. The number of amides is 2. The molecule has 2 saturated heterocycles. The highest BCUT2D eigenvalue weighted by Crippen LogP contribution is 2.27. The fourth-order valence-corrected chi connectivity index (χ4v) is 6.39. The maximum atomic E-state index is 14.0. The van der Waals surface area contributed by atoms with Gasteiger partial charge in [-0.25, -0.2) is 0 Å². The van der Waals surface area contributed by atoms with Crippen molar-refractivity contribution in [1.29, 1.82) is 0 Å². The second kappa shape index (κ2) is 17.4. The number of carbonyl (C=O) groups excluding carboxylic acids is 4. The molecule has 55 heavy (non-hydrogen) atoms. The average molecular weight is 739 g/mol. The summed E-state index contributed by atoms with van der Waals surface area (Å²) in [6.45, 7) is 0.114. The molecule has 2 aliphatic heterocycles. The maximum Gasteiger partial charge on any atom is 0.232 e. The Morgan fingerprint density at radius 1 is 0.436 bits per heavy atom. The van der Waals surface area contributed by atoms with Crippen LogP contribution in [-0.4, -0.2) is 87.8 Å². The van der Waals surface area contributed by atoms with Crippen LogP contribution in [0, 0.1) is 0 Å². The molecule has 0 radical (unpaired) electrons. The minimum atomic E-state index is -0.445. The fraction of sp³-hybridized carbons (Fsp3) is 0.200. The smallest absolute Gasteiger partial charge is 0.232 e. The van der Waals surface area contributed by atoms with E-state index < -0.39 is 18.2 Å². The Morgan fingerprint density at radius 2 is 0.655 bits per heavy atom. The number of likely N-dealkylation sites (tertiary alicyclic amines) is 2. The van der Waals surface area contributed by atoms with Crippen LogP contribution < -0.4 is 18.9 Å². The zero-order valence-corrected chi connectivity index (χ0v) is 31.2. The first-order valence-electron chi connectivity index (χ1n) is 17.7. The third-order valence-electron chi connectivity index (χ3n) is 9.45. The third kappa shape index (κ3) is 9.47. The van der Waals surface area contributed by atoms with Crippen molar-refractivity contribution in [1.82, 2.24) is 9.80 Å². The molecule has 280 valence electrons. The number of benzene rings is 4. The minimum absolute atomic E-state index is 0.0284. The molecule has 2 amide bonds. The van der Waals surface area contributed by atoms with Crippen LogP contribution in [0.2, 0.25) is 0 Å². The largest absolute Gasteiger partial charge is 0.497 e. The predicted molar refractivity (Wildman–Crippen MR) is 212 cm³/mol. The molecule has 0 bridgehead atoms. The maximum absolute atomic E-state index is 14.0. The van der Waals surface area contributed by atoms with Gasteiger partial charge in [-0.15, -0.1) is 0 Å². The molecule has 0 N–H and O–H groups in total. The molecule has 4 aromatic rings. The first-order chi connectivity index (χ1) is 26.7. The Balaban J connectivity index is 1.27. The lowest BCUT2D eigenvalue weighted by Gasteiger charge is -2.32. The monoisotopic (exact) mass is 738 g/mol. The Hall–Kier alpha value is -6.68. The number of rotatable bonds is 10. The van der Waals surface area contributed by atoms with Gasteiger partial charge in [-0.2, -0.15) is 0 Å². The molecule has 2 fully saturated rings. The molecule has 0 spiro atoms. The summed E-state index contributed by atoms with van der Waals surface area (Å²) in [4.78, 5) is 58.8. The highest BCUT2D eigenvalue weighted by atomic mass is 16.5. The van der Waals surface area contributed by atoms with Gasteiger partial charge in [0.2, 0.25) is 11.8 Å². The molecule has 6 rings (SSSR count). The summed E-state index contributed by atoms with van der Waals surface area (Å²) in [5.41, 5.74) is 4.72. The van der Waals surface area contributed by atoms with E-state index in [0.717, 1.165) is 22.3 Å². The highest BCUT2D eigenvalue weighted by Gasteiger charge is 2.33. The minimum Gasteiger partial charge on any atom is -0.497 e. The zero-order chi connectivity index (χ0) is 38.9. The number of nitrogens with zero attached hydrogens (tertiary/aromatic N) is 2. The molecule has 0 unspecified atom stereocenters. The molecule has 10 nitrogen and oxygen atoms in total. The van der Waals surface area contributed by atoms with Crippen molar-refractivity contribution in [3.63, 3.8) is 0 Å². The second-order valence-electron chi connectivity index (χ2n) is 13.1. The number of ketones is 2. The van der Waals surface area contributed by atoms with Crippen molar-refractivity contribution in [2.45, 2.75) is 6.42 Å². The Bertz CT molecular complexity index is 1880. The summed E-state index contributed by atoms with van der Waals surface area (Å²) < 4.78 is 21.1. The Labute approximate surface area is 320 Å². The van der Waals surface area contributed by atoms with E-state index in [1.165, 1.54) is 9.80 Å². The lowest BCUT2D eigenvalue weighted by molar-refractivity contribution is -0.140. The molecule has 0 atom stereocenters.